The molecule has 10 heteroatoms. The third kappa shape index (κ3) is 3.64. The van der Waals surface area contributed by atoms with E-state index in [-0.39, 0.29) is 29.0 Å². The number of benzene rings is 1. The number of carbonyl (C=O) groups excluding carboxylic acids is 2. The average Bonchev–Trinajstić information content (AvgIpc) is 3.10. The van der Waals surface area contributed by atoms with Gasteiger partial charge < -0.3 is 14.6 Å². The van der Waals surface area contributed by atoms with Crippen molar-refractivity contribution in [2.75, 3.05) is 20.8 Å². The lowest BCUT2D eigenvalue weighted by Gasteiger charge is -2.21. The summed E-state index contributed by atoms with van der Waals surface area (Å²) in [7, 11) is -2.00. The molecule has 0 spiro atoms. The van der Waals surface area contributed by atoms with Crippen molar-refractivity contribution in [3.63, 3.8) is 0 Å². The van der Waals surface area contributed by atoms with Crippen LogP contribution in [0.15, 0.2) is 23.1 Å². The van der Waals surface area contributed by atoms with Crippen molar-refractivity contribution in [1.29, 1.82) is 0 Å². The predicted octanol–water partition coefficient (Wildman–Crippen LogP) is 0.497. The number of carboxylic acid groups (broad SMARTS) is 1. The summed E-state index contributed by atoms with van der Waals surface area (Å²) in [4.78, 5) is 34.5. The van der Waals surface area contributed by atoms with E-state index in [1.807, 2.05) is 0 Å². The number of sulfonamides is 1. The Morgan fingerprint density at radius 2 is 1.60 bits per heavy atom. The quantitative estimate of drug-likeness (QED) is 0.741. The normalized spacial score (nSPS) is 17.9. The third-order valence-electron chi connectivity index (χ3n) is 3.84. The van der Waals surface area contributed by atoms with Gasteiger partial charge in [0.05, 0.1) is 30.2 Å². The van der Waals surface area contributed by atoms with E-state index in [1.54, 1.807) is 0 Å². The summed E-state index contributed by atoms with van der Waals surface area (Å²) >= 11 is 0. The molecule has 0 amide bonds. The molecule has 0 radical (unpaired) electrons. The summed E-state index contributed by atoms with van der Waals surface area (Å²) in [6.45, 7) is 0.0370. The van der Waals surface area contributed by atoms with E-state index in [4.69, 9.17) is 0 Å². The van der Waals surface area contributed by atoms with Crippen molar-refractivity contribution in [2.24, 2.45) is 0 Å². The molecule has 0 aliphatic carbocycles. The van der Waals surface area contributed by atoms with E-state index >= 15 is 0 Å². The van der Waals surface area contributed by atoms with Gasteiger partial charge in [0.25, 0.3) is 0 Å². The number of esters is 2. The monoisotopic (exact) mass is 371 g/mol. The lowest BCUT2D eigenvalue weighted by molar-refractivity contribution is -0.140. The maximum atomic E-state index is 12.8. The molecular weight excluding hydrogens is 354 g/mol. The fourth-order valence-corrected chi connectivity index (χ4v) is 4.35. The van der Waals surface area contributed by atoms with Crippen LogP contribution in [0.5, 0.6) is 0 Å². The van der Waals surface area contributed by atoms with E-state index < -0.39 is 34.0 Å². The van der Waals surface area contributed by atoms with Gasteiger partial charge >= 0.3 is 17.9 Å². The van der Waals surface area contributed by atoms with Crippen LogP contribution in [0.25, 0.3) is 0 Å². The molecule has 0 aromatic heterocycles. The second kappa shape index (κ2) is 7.19. The zero-order valence-corrected chi connectivity index (χ0v) is 14.4. The van der Waals surface area contributed by atoms with Gasteiger partial charge in [-0.05, 0) is 31.0 Å². The van der Waals surface area contributed by atoms with Crippen molar-refractivity contribution in [2.45, 2.75) is 23.8 Å². The van der Waals surface area contributed by atoms with Gasteiger partial charge in [-0.15, -0.1) is 0 Å². The van der Waals surface area contributed by atoms with Crippen LogP contribution in [0.3, 0.4) is 0 Å². The van der Waals surface area contributed by atoms with Crippen LogP contribution in [0, 0.1) is 0 Å². The summed E-state index contributed by atoms with van der Waals surface area (Å²) in [6.07, 6.45) is 0.589. The Balaban J connectivity index is 2.58. The van der Waals surface area contributed by atoms with Crippen LogP contribution in [-0.2, 0) is 24.3 Å². The highest BCUT2D eigenvalue weighted by Crippen LogP contribution is 2.28. The summed E-state index contributed by atoms with van der Waals surface area (Å²) < 4.78 is 35.6. The van der Waals surface area contributed by atoms with Gasteiger partial charge in [-0.2, -0.15) is 4.31 Å². The van der Waals surface area contributed by atoms with Crippen molar-refractivity contribution < 1.29 is 37.4 Å². The molecule has 1 atom stereocenters. The second-order valence-corrected chi connectivity index (χ2v) is 7.23. The molecule has 1 heterocycles. The molecule has 25 heavy (non-hydrogen) atoms. The van der Waals surface area contributed by atoms with Crippen LogP contribution >= 0.6 is 0 Å². The maximum absolute atomic E-state index is 12.8. The van der Waals surface area contributed by atoms with E-state index in [2.05, 4.69) is 9.47 Å². The molecule has 1 aliphatic rings. The minimum atomic E-state index is -4.22. The summed E-state index contributed by atoms with van der Waals surface area (Å²) in [5.74, 6) is -2.92. The number of carbonyl (C=O) groups is 3. The van der Waals surface area contributed by atoms with Crippen molar-refractivity contribution in [1.82, 2.24) is 4.31 Å². The summed E-state index contributed by atoms with van der Waals surface area (Å²) in [5.41, 5.74) is -0.315. The van der Waals surface area contributed by atoms with Gasteiger partial charge in [0, 0.05) is 6.54 Å². The third-order valence-corrected chi connectivity index (χ3v) is 5.73. The number of ether oxygens (including phenoxy) is 2. The van der Waals surface area contributed by atoms with E-state index in [0.29, 0.717) is 6.42 Å². The first-order valence-electron chi connectivity index (χ1n) is 7.28. The number of carboxylic acids is 1. The number of aliphatic carboxylic acids is 1. The fraction of sp³-hybridized carbons (Fsp3) is 0.400. The SMILES string of the molecule is COC(=O)c1cc(C(=O)OC)cc(S(=O)(=O)N2CCC[C@H]2C(=O)O)c1. The zero-order valence-electron chi connectivity index (χ0n) is 13.6. The van der Waals surface area contributed by atoms with Crippen LogP contribution in [0.2, 0.25) is 0 Å². The molecule has 136 valence electrons. The Hall–Kier alpha value is -2.46. The molecule has 1 aromatic carbocycles. The van der Waals surface area contributed by atoms with E-state index in [1.165, 1.54) is 0 Å². The van der Waals surface area contributed by atoms with Crippen LogP contribution in [0.4, 0.5) is 0 Å². The minimum absolute atomic E-state index is 0.0370. The fourth-order valence-electron chi connectivity index (χ4n) is 2.63. The summed E-state index contributed by atoms with van der Waals surface area (Å²) in [5, 5.41) is 9.20. The highest BCUT2D eigenvalue weighted by atomic mass is 32.2. The Kier molecular flexibility index (Phi) is 5.43. The molecule has 1 fully saturated rings. The van der Waals surface area contributed by atoms with Gasteiger partial charge in [-0.3, -0.25) is 4.79 Å². The van der Waals surface area contributed by atoms with Crippen molar-refractivity contribution >= 4 is 27.9 Å². The topological polar surface area (TPSA) is 127 Å². The highest BCUT2D eigenvalue weighted by Gasteiger charge is 2.40. The standard InChI is InChI=1S/C15H17NO8S/c1-23-14(19)9-6-10(15(20)24-2)8-11(7-9)25(21,22)16-5-3-4-12(16)13(17)18/h6-8,12H,3-5H2,1-2H3,(H,17,18)/t12-/m0/s1. The van der Waals surface area contributed by atoms with Gasteiger partial charge in [0.2, 0.25) is 10.0 Å². The van der Waals surface area contributed by atoms with Gasteiger partial charge in [0.1, 0.15) is 6.04 Å². The Morgan fingerprint density at radius 3 is 2.04 bits per heavy atom. The van der Waals surface area contributed by atoms with Crippen molar-refractivity contribution in [3.05, 3.63) is 29.3 Å². The molecule has 0 bridgehead atoms. The van der Waals surface area contributed by atoms with Gasteiger partial charge in [-0.1, -0.05) is 0 Å². The number of methoxy groups -OCH3 is 2. The first-order valence-corrected chi connectivity index (χ1v) is 8.72. The first kappa shape index (κ1) is 18.9. The average molecular weight is 371 g/mol. The maximum Gasteiger partial charge on any atom is 0.337 e. The Labute approximate surface area is 144 Å². The molecule has 1 saturated heterocycles. The van der Waals surface area contributed by atoms with Crippen molar-refractivity contribution in [3.8, 4) is 0 Å². The first-order chi connectivity index (χ1) is 11.7. The lowest BCUT2D eigenvalue weighted by atomic mass is 10.1. The molecule has 1 aliphatic heterocycles. The minimum Gasteiger partial charge on any atom is -0.480 e. The number of hydrogen-bond acceptors (Lipinski definition) is 7. The number of nitrogens with zero attached hydrogens (tertiary/aromatic N) is 1. The smallest absolute Gasteiger partial charge is 0.337 e. The highest BCUT2D eigenvalue weighted by molar-refractivity contribution is 7.89. The van der Waals surface area contributed by atoms with Crippen LogP contribution < -0.4 is 0 Å². The van der Waals surface area contributed by atoms with Crippen LogP contribution in [-0.4, -0.2) is 62.5 Å². The Bertz CT molecular complexity index is 783. The molecular formula is C15H17NO8S. The van der Waals surface area contributed by atoms with E-state index in [9.17, 15) is 27.9 Å². The largest absolute Gasteiger partial charge is 0.480 e. The van der Waals surface area contributed by atoms with Gasteiger partial charge in [-0.25, -0.2) is 18.0 Å². The Morgan fingerprint density at radius 1 is 1.08 bits per heavy atom. The molecule has 0 unspecified atom stereocenters. The molecule has 2 rings (SSSR count). The number of rotatable bonds is 5. The van der Waals surface area contributed by atoms with Crippen LogP contribution in [0.1, 0.15) is 33.6 Å². The number of hydrogen-bond donors (Lipinski definition) is 1. The molecule has 1 N–H and O–H groups in total. The second-order valence-electron chi connectivity index (χ2n) is 5.34. The molecule has 0 saturated carbocycles. The lowest BCUT2D eigenvalue weighted by Crippen LogP contribution is -2.40. The zero-order chi connectivity index (χ0) is 18.8. The molecule has 9 nitrogen and oxygen atoms in total. The predicted molar refractivity (Wildman–Crippen MR) is 83.7 cm³/mol. The van der Waals surface area contributed by atoms with Gasteiger partial charge in [0.15, 0.2) is 0 Å². The summed E-state index contributed by atoms with van der Waals surface area (Å²) in [6, 6.07) is 2.05. The van der Waals surface area contributed by atoms with E-state index in [0.717, 1.165) is 36.7 Å². The molecule has 1 aromatic rings.